The number of hydrogen-bond donors (Lipinski definition) is 2. The molecule has 1 heterocycles. The van der Waals surface area contributed by atoms with Gasteiger partial charge in [0, 0.05) is 23.6 Å². The van der Waals surface area contributed by atoms with Gasteiger partial charge in [-0.25, -0.2) is 0 Å². The summed E-state index contributed by atoms with van der Waals surface area (Å²) in [5.41, 5.74) is 9.14. The molecule has 0 saturated heterocycles. The molecule has 5 rings (SSSR count). The quantitative estimate of drug-likeness (QED) is 0.111. The molecular weight excluding hydrogens is 506 g/mol. The molecule has 5 aromatic rings. The summed E-state index contributed by atoms with van der Waals surface area (Å²) in [5, 5.41) is 3.69. The minimum Gasteiger partial charge on any atom is -0.494 e. The zero-order valence-corrected chi connectivity index (χ0v) is 21.8. The number of furan rings is 1. The zero-order valence-electron chi connectivity index (χ0n) is 21.8. The number of nitrogen functional groups attached to an aromatic ring is 1. The number of hydrogen-bond acceptors (Lipinski definition) is 6. The second-order valence-corrected chi connectivity index (χ2v) is 9.13. The van der Waals surface area contributed by atoms with Gasteiger partial charge in [-0.1, -0.05) is 36.4 Å². The monoisotopic (exact) mass is 535 g/mol. The molecule has 0 atom stereocenters. The summed E-state index contributed by atoms with van der Waals surface area (Å²) >= 11 is 0. The number of nitrogens with one attached hydrogen (secondary N) is 1. The molecule has 0 unspecified atom stereocenters. The Morgan fingerprint density at radius 2 is 1.62 bits per heavy atom. The van der Waals surface area contributed by atoms with Crippen LogP contribution in [0, 0.1) is 0 Å². The van der Waals surface area contributed by atoms with Gasteiger partial charge in [-0.2, -0.15) is 0 Å². The number of para-hydroxylation sites is 3. The van der Waals surface area contributed by atoms with Crippen molar-refractivity contribution < 1.29 is 23.5 Å². The van der Waals surface area contributed by atoms with E-state index >= 15 is 0 Å². The fourth-order valence-electron chi connectivity index (χ4n) is 4.14. The van der Waals surface area contributed by atoms with Crippen LogP contribution in [0.3, 0.4) is 0 Å². The maximum absolute atomic E-state index is 12.5. The normalized spacial score (nSPS) is 10.7. The molecule has 0 bridgehead atoms. The molecule has 0 spiro atoms. The lowest BCUT2D eigenvalue weighted by molar-refractivity contribution is -0.107. The van der Waals surface area contributed by atoms with Gasteiger partial charge in [0.2, 0.25) is 12.3 Å². The highest BCUT2D eigenvalue weighted by Crippen LogP contribution is 2.27. The molecule has 0 saturated carbocycles. The van der Waals surface area contributed by atoms with Gasteiger partial charge >= 0.3 is 0 Å². The maximum atomic E-state index is 12.5. The van der Waals surface area contributed by atoms with Crippen molar-refractivity contribution in [2.24, 2.45) is 0 Å². The predicted molar refractivity (Wildman–Crippen MR) is 156 cm³/mol. The number of nitrogens with zero attached hydrogens (tertiary/aromatic N) is 1. The molecule has 4 aromatic carbocycles. The van der Waals surface area contributed by atoms with Crippen molar-refractivity contribution in [2.45, 2.75) is 13.0 Å². The van der Waals surface area contributed by atoms with Crippen molar-refractivity contribution >= 4 is 40.5 Å². The molecule has 8 nitrogen and oxygen atoms in total. The van der Waals surface area contributed by atoms with Crippen LogP contribution in [0.15, 0.2) is 108 Å². The highest BCUT2D eigenvalue weighted by atomic mass is 16.5. The van der Waals surface area contributed by atoms with Gasteiger partial charge in [0.15, 0.2) is 0 Å². The highest BCUT2D eigenvalue weighted by molar-refractivity contribution is 6.05. The van der Waals surface area contributed by atoms with Crippen molar-refractivity contribution in [3.8, 4) is 11.5 Å². The largest absolute Gasteiger partial charge is 0.494 e. The van der Waals surface area contributed by atoms with Crippen LogP contribution in [-0.4, -0.2) is 25.5 Å². The standard InChI is InChI=1S/C32H29N3O5/c33-28-9-4-5-10-29(28)34-32(37)24-12-14-27(15-13-24)38-18-6-17-35(22-36)31-20-25-19-23(11-16-30(25)40-31)21-39-26-7-2-1-3-8-26/h1-5,7-16,19-20,22H,6,17-18,21,33H2,(H,34,37). The molecule has 8 heteroatoms. The third-order valence-electron chi connectivity index (χ3n) is 6.26. The third-order valence-corrected chi connectivity index (χ3v) is 6.26. The smallest absolute Gasteiger partial charge is 0.255 e. The molecule has 1 aromatic heterocycles. The average Bonchev–Trinajstić information content (AvgIpc) is 3.41. The van der Waals surface area contributed by atoms with E-state index in [0.29, 0.717) is 60.3 Å². The molecular formula is C32H29N3O5. The van der Waals surface area contributed by atoms with Crippen LogP contribution < -0.4 is 25.4 Å². The van der Waals surface area contributed by atoms with E-state index in [2.05, 4.69) is 5.32 Å². The van der Waals surface area contributed by atoms with Gasteiger partial charge < -0.3 is 24.9 Å². The minimum absolute atomic E-state index is 0.257. The third kappa shape index (κ3) is 6.60. The van der Waals surface area contributed by atoms with E-state index in [1.165, 1.54) is 4.90 Å². The summed E-state index contributed by atoms with van der Waals surface area (Å²) in [6.07, 6.45) is 1.34. The van der Waals surface area contributed by atoms with E-state index in [4.69, 9.17) is 19.6 Å². The number of benzene rings is 4. The second kappa shape index (κ2) is 12.5. The highest BCUT2D eigenvalue weighted by Gasteiger charge is 2.13. The molecule has 0 aliphatic carbocycles. The first-order valence-corrected chi connectivity index (χ1v) is 12.9. The first kappa shape index (κ1) is 26.4. The minimum atomic E-state index is -0.257. The molecule has 40 heavy (non-hydrogen) atoms. The Kier molecular flexibility index (Phi) is 8.26. The Morgan fingerprint density at radius 3 is 2.40 bits per heavy atom. The lowest BCUT2D eigenvalue weighted by atomic mass is 10.2. The van der Waals surface area contributed by atoms with Crippen molar-refractivity contribution in [1.82, 2.24) is 0 Å². The van der Waals surface area contributed by atoms with E-state index in [1.54, 1.807) is 36.4 Å². The summed E-state index contributed by atoms with van der Waals surface area (Å²) in [6.45, 7) is 1.24. The van der Waals surface area contributed by atoms with Gasteiger partial charge in [-0.3, -0.25) is 14.5 Å². The Balaban J connectivity index is 1.11. The number of amides is 2. The van der Waals surface area contributed by atoms with Gasteiger partial charge in [0.25, 0.3) is 5.91 Å². The van der Waals surface area contributed by atoms with Crippen LogP contribution >= 0.6 is 0 Å². The number of nitrogens with two attached hydrogens (primary N) is 1. The van der Waals surface area contributed by atoms with Crippen molar-refractivity contribution in [3.05, 3.63) is 114 Å². The summed E-state index contributed by atoms with van der Waals surface area (Å²) in [5.74, 6) is 1.65. The first-order valence-electron chi connectivity index (χ1n) is 12.9. The lowest BCUT2D eigenvalue weighted by Crippen LogP contribution is -2.23. The van der Waals surface area contributed by atoms with E-state index in [0.717, 1.165) is 23.1 Å². The van der Waals surface area contributed by atoms with Crippen LogP contribution in [-0.2, 0) is 11.4 Å². The van der Waals surface area contributed by atoms with Gasteiger partial charge in [0.1, 0.15) is 23.7 Å². The van der Waals surface area contributed by atoms with Gasteiger partial charge in [0.05, 0.1) is 18.0 Å². The first-order chi connectivity index (χ1) is 19.6. The number of anilines is 3. The summed E-state index contributed by atoms with van der Waals surface area (Å²) in [7, 11) is 0. The molecule has 0 radical (unpaired) electrons. The fraction of sp³-hybridized carbons (Fsp3) is 0.125. The fourth-order valence-corrected chi connectivity index (χ4v) is 4.14. The Hall–Kier alpha value is -5.24. The number of ether oxygens (including phenoxy) is 2. The number of rotatable bonds is 12. The Morgan fingerprint density at radius 1 is 0.875 bits per heavy atom. The SMILES string of the molecule is Nc1ccccc1NC(=O)c1ccc(OCCCN(C=O)c2cc3cc(COc4ccccc4)ccc3o2)cc1. The maximum Gasteiger partial charge on any atom is 0.255 e. The number of carbonyl (C=O) groups is 2. The summed E-state index contributed by atoms with van der Waals surface area (Å²) in [4.78, 5) is 25.8. The number of fused-ring (bicyclic) bond motifs is 1. The van der Waals surface area contributed by atoms with Crippen molar-refractivity contribution in [2.75, 3.05) is 29.1 Å². The Bertz CT molecular complexity index is 1580. The van der Waals surface area contributed by atoms with Crippen LogP contribution in [0.1, 0.15) is 22.3 Å². The van der Waals surface area contributed by atoms with E-state index in [9.17, 15) is 9.59 Å². The van der Waals surface area contributed by atoms with Crippen LogP contribution in [0.2, 0.25) is 0 Å². The van der Waals surface area contributed by atoms with E-state index < -0.39 is 0 Å². The second-order valence-electron chi connectivity index (χ2n) is 9.13. The van der Waals surface area contributed by atoms with Crippen molar-refractivity contribution in [3.63, 3.8) is 0 Å². The lowest BCUT2D eigenvalue weighted by Gasteiger charge is -2.14. The molecule has 2 amide bonds. The average molecular weight is 536 g/mol. The van der Waals surface area contributed by atoms with Crippen LogP contribution in [0.25, 0.3) is 11.0 Å². The molecule has 202 valence electrons. The molecule has 0 aliphatic rings. The topological polar surface area (TPSA) is 107 Å². The molecule has 0 aliphatic heterocycles. The Labute approximate surface area is 231 Å². The zero-order chi connectivity index (χ0) is 27.7. The van der Waals surface area contributed by atoms with Gasteiger partial charge in [-0.05, 0) is 72.6 Å². The van der Waals surface area contributed by atoms with E-state index in [-0.39, 0.29) is 5.91 Å². The summed E-state index contributed by atoms with van der Waals surface area (Å²) in [6, 6.07) is 31.3. The van der Waals surface area contributed by atoms with Crippen LogP contribution in [0.5, 0.6) is 11.5 Å². The van der Waals surface area contributed by atoms with E-state index in [1.807, 2.05) is 66.7 Å². The number of carbonyl (C=O) groups excluding carboxylic acids is 2. The predicted octanol–water partition coefficient (Wildman–Crippen LogP) is 6.28. The van der Waals surface area contributed by atoms with Gasteiger partial charge in [-0.15, -0.1) is 0 Å². The molecule has 3 N–H and O–H groups in total. The molecule has 0 fully saturated rings. The van der Waals surface area contributed by atoms with Crippen LogP contribution in [0.4, 0.5) is 17.3 Å². The summed E-state index contributed by atoms with van der Waals surface area (Å²) < 4.78 is 17.5. The van der Waals surface area contributed by atoms with Crippen molar-refractivity contribution in [1.29, 1.82) is 0 Å².